The minimum absolute atomic E-state index is 0.0542. The molecule has 34 heavy (non-hydrogen) atoms. The Morgan fingerprint density at radius 3 is 2.56 bits per heavy atom. The van der Waals surface area contributed by atoms with E-state index in [1.165, 1.54) is 18.2 Å². The molecule has 9 nitrogen and oxygen atoms in total. The van der Waals surface area contributed by atoms with Gasteiger partial charge in [0, 0.05) is 30.8 Å². The molecule has 1 saturated heterocycles. The lowest BCUT2D eigenvalue weighted by molar-refractivity contribution is -0.121. The van der Waals surface area contributed by atoms with E-state index in [1.807, 2.05) is 24.3 Å². The summed E-state index contributed by atoms with van der Waals surface area (Å²) in [7, 11) is 0. The van der Waals surface area contributed by atoms with E-state index >= 15 is 0 Å². The molecular formula is C24H24N6O3S. The zero-order valence-corrected chi connectivity index (χ0v) is 19.2. The van der Waals surface area contributed by atoms with Crippen molar-refractivity contribution in [2.75, 3.05) is 23.7 Å². The minimum atomic E-state index is -0.495. The summed E-state index contributed by atoms with van der Waals surface area (Å²) in [5.41, 5.74) is 2.59. The molecule has 2 aliphatic rings. The van der Waals surface area contributed by atoms with Gasteiger partial charge in [-0.2, -0.15) is 4.99 Å². The molecule has 174 valence electrons. The first kappa shape index (κ1) is 22.1. The number of carbonyl (C=O) groups excluding carboxylic acids is 3. The van der Waals surface area contributed by atoms with Crippen molar-refractivity contribution in [2.45, 2.75) is 30.9 Å². The zero-order valence-electron chi connectivity index (χ0n) is 18.4. The molecule has 0 bridgehead atoms. The number of piperidine rings is 1. The molecular weight excluding hydrogens is 452 g/mol. The van der Waals surface area contributed by atoms with Crippen LogP contribution in [-0.4, -0.2) is 56.1 Å². The van der Waals surface area contributed by atoms with Crippen molar-refractivity contribution in [2.24, 2.45) is 4.99 Å². The van der Waals surface area contributed by atoms with Gasteiger partial charge in [0.15, 0.2) is 5.17 Å². The maximum absolute atomic E-state index is 12.5. The Kier molecular flexibility index (Phi) is 6.31. The topological polar surface area (TPSA) is 120 Å². The van der Waals surface area contributed by atoms with E-state index < -0.39 is 5.25 Å². The lowest BCUT2D eigenvalue weighted by Crippen LogP contribution is -2.33. The number of rotatable bonds is 5. The number of nitrogens with one attached hydrogen (secondary N) is 3. The number of likely N-dealkylation sites (tertiary alicyclic amines) is 1. The van der Waals surface area contributed by atoms with Gasteiger partial charge in [0.05, 0.1) is 11.0 Å². The highest BCUT2D eigenvalue weighted by molar-refractivity contribution is 8.15. The molecule has 1 fully saturated rings. The summed E-state index contributed by atoms with van der Waals surface area (Å²) in [6.45, 7) is 1.82. The quantitative estimate of drug-likeness (QED) is 0.517. The third-order valence-electron chi connectivity index (χ3n) is 5.78. The third-order valence-corrected chi connectivity index (χ3v) is 6.99. The minimum Gasteiger partial charge on any atom is -0.351 e. The number of amidine groups is 1. The molecule has 3 N–H and O–H groups in total. The monoisotopic (exact) mass is 476 g/mol. The smallest absolute Gasteiger partial charge is 0.262 e. The van der Waals surface area contributed by atoms with Gasteiger partial charge in [-0.05, 0) is 55.7 Å². The van der Waals surface area contributed by atoms with Crippen LogP contribution in [0.3, 0.4) is 0 Å². The van der Waals surface area contributed by atoms with E-state index in [2.05, 4.69) is 30.5 Å². The molecule has 10 heteroatoms. The Bertz CT molecular complexity index is 1230. The van der Waals surface area contributed by atoms with Crippen LogP contribution in [0.25, 0.3) is 11.0 Å². The van der Waals surface area contributed by atoms with E-state index in [4.69, 9.17) is 0 Å². The number of H-pyrrole nitrogens is 1. The Morgan fingerprint density at radius 2 is 1.79 bits per heavy atom. The van der Waals surface area contributed by atoms with E-state index in [1.54, 1.807) is 24.3 Å². The molecule has 1 aromatic heterocycles. The average Bonchev–Trinajstić information content (AvgIpc) is 3.42. The van der Waals surface area contributed by atoms with E-state index in [0.717, 1.165) is 42.1 Å². The number of aromatic nitrogens is 2. The number of aliphatic imine (C=N–C) groups is 1. The highest BCUT2D eigenvalue weighted by Gasteiger charge is 2.33. The van der Waals surface area contributed by atoms with Crippen molar-refractivity contribution < 1.29 is 14.4 Å². The zero-order chi connectivity index (χ0) is 23.5. The third kappa shape index (κ3) is 4.96. The first-order valence-electron chi connectivity index (χ1n) is 11.3. The number of benzene rings is 2. The number of para-hydroxylation sites is 2. The van der Waals surface area contributed by atoms with Crippen LogP contribution in [0, 0.1) is 0 Å². The van der Waals surface area contributed by atoms with Crippen LogP contribution < -0.4 is 10.6 Å². The maximum atomic E-state index is 12.5. The van der Waals surface area contributed by atoms with Gasteiger partial charge in [-0.3, -0.25) is 19.7 Å². The highest BCUT2D eigenvalue weighted by Crippen LogP contribution is 2.29. The first-order valence-corrected chi connectivity index (χ1v) is 12.1. The Labute approximate surface area is 200 Å². The SMILES string of the molecule is O=C(C[C@@H]1SC(N2CCCCC2)=NC1=O)Nc1ccc(C(=O)Nc2nc3ccccc3[nH]2)cc1. The van der Waals surface area contributed by atoms with E-state index in [-0.39, 0.29) is 24.1 Å². The van der Waals surface area contributed by atoms with Crippen LogP contribution in [0.5, 0.6) is 0 Å². The van der Waals surface area contributed by atoms with Gasteiger partial charge in [-0.15, -0.1) is 0 Å². The summed E-state index contributed by atoms with van der Waals surface area (Å²) in [5, 5.41) is 5.78. The summed E-state index contributed by atoms with van der Waals surface area (Å²) in [6.07, 6.45) is 3.46. The number of thioether (sulfide) groups is 1. The van der Waals surface area contributed by atoms with E-state index in [9.17, 15) is 14.4 Å². The van der Waals surface area contributed by atoms with Crippen LogP contribution in [0.15, 0.2) is 53.5 Å². The number of carbonyl (C=O) groups is 3. The van der Waals surface area contributed by atoms with Gasteiger partial charge in [0.1, 0.15) is 5.25 Å². The summed E-state index contributed by atoms with van der Waals surface area (Å²) in [4.78, 5) is 51.0. The van der Waals surface area contributed by atoms with Gasteiger partial charge in [-0.1, -0.05) is 23.9 Å². The number of imidazole rings is 1. The largest absolute Gasteiger partial charge is 0.351 e. The lowest BCUT2D eigenvalue weighted by atomic mass is 10.1. The molecule has 0 saturated carbocycles. The number of fused-ring (bicyclic) bond motifs is 1. The van der Waals surface area contributed by atoms with Crippen LogP contribution >= 0.6 is 11.8 Å². The predicted molar refractivity (Wildman–Crippen MR) is 133 cm³/mol. The first-order chi connectivity index (χ1) is 16.5. The van der Waals surface area contributed by atoms with Crippen LogP contribution in [0.4, 0.5) is 11.6 Å². The second-order valence-electron chi connectivity index (χ2n) is 8.27. The van der Waals surface area contributed by atoms with Crippen molar-refractivity contribution in [1.29, 1.82) is 0 Å². The molecule has 0 spiro atoms. The molecule has 3 heterocycles. The summed E-state index contributed by atoms with van der Waals surface area (Å²) in [5.74, 6) is -0.459. The molecule has 3 aromatic rings. The lowest BCUT2D eigenvalue weighted by Gasteiger charge is -2.27. The second kappa shape index (κ2) is 9.68. The van der Waals surface area contributed by atoms with Gasteiger partial charge in [0.2, 0.25) is 11.9 Å². The normalized spacial score (nSPS) is 18.1. The van der Waals surface area contributed by atoms with Crippen molar-refractivity contribution in [3.63, 3.8) is 0 Å². The molecule has 0 radical (unpaired) electrons. The highest BCUT2D eigenvalue weighted by atomic mass is 32.2. The number of anilines is 2. The second-order valence-corrected chi connectivity index (χ2v) is 9.44. The molecule has 0 unspecified atom stereocenters. The van der Waals surface area contributed by atoms with Gasteiger partial charge >= 0.3 is 0 Å². The van der Waals surface area contributed by atoms with Gasteiger partial charge in [0.25, 0.3) is 11.8 Å². The fourth-order valence-electron chi connectivity index (χ4n) is 4.01. The molecule has 1 atom stereocenters. The number of amides is 3. The summed E-state index contributed by atoms with van der Waals surface area (Å²) in [6, 6.07) is 14.1. The molecule has 2 aliphatic heterocycles. The molecule has 2 aromatic carbocycles. The van der Waals surface area contributed by atoms with Crippen molar-refractivity contribution in [3.05, 3.63) is 54.1 Å². The fourth-order valence-corrected chi connectivity index (χ4v) is 5.12. The van der Waals surface area contributed by atoms with Crippen LogP contribution in [-0.2, 0) is 9.59 Å². The number of nitrogens with zero attached hydrogens (tertiary/aromatic N) is 3. The Balaban J connectivity index is 1.14. The molecule has 5 rings (SSSR count). The number of hydrogen-bond donors (Lipinski definition) is 3. The maximum Gasteiger partial charge on any atom is 0.262 e. The van der Waals surface area contributed by atoms with Crippen LogP contribution in [0.1, 0.15) is 36.0 Å². The molecule has 3 amide bonds. The van der Waals surface area contributed by atoms with Crippen molar-refractivity contribution in [1.82, 2.24) is 14.9 Å². The van der Waals surface area contributed by atoms with Crippen molar-refractivity contribution in [3.8, 4) is 0 Å². The Morgan fingerprint density at radius 1 is 1.03 bits per heavy atom. The van der Waals surface area contributed by atoms with Crippen LogP contribution in [0.2, 0.25) is 0 Å². The number of hydrogen-bond acceptors (Lipinski definition) is 6. The Hall–Kier alpha value is -3.66. The number of aromatic amines is 1. The average molecular weight is 477 g/mol. The molecule has 0 aliphatic carbocycles. The predicted octanol–water partition coefficient (Wildman–Crippen LogP) is 3.63. The summed E-state index contributed by atoms with van der Waals surface area (Å²) >= 11 is 1.38. The van der Waals surface area contributed by atoms with Gasteiger partial charge in [-0.25, -0.2) is 4.98 Å². The van der Waals surface area contributed by atoms with Crippen molar-refractivity contribution >= 4 is 57.3 Å². The standard InChI is InChI=1S/C24H24N6O3S/c31-20(14-19-22(33)29-24(34-19)30-12-4-1-5-13-30)25-16-10-8-15(9-11-16)21(32)28-23-26-17-6-2-3-7-18(17)27-23/h2-3,6-11,19H,1,4-5,12-14H2,(H,25,31)(H2,26,27,28,32)/t19-/m0/s1. The van der Waals surface area contributed by atoms with Gasteiger partial charge < -0.3 is 15.2 Å². The van der Waals surface area contributed by atoms with E-state index in [0.29, 0.717) is 17.2 Å². The summed E-state index contributed by atoms with van der Waals surface area (Å²) < 4.78 is 0. The fraction of sp³-hybridized carbons (Fsp3) is 0.292.